The van der Waals surface area contributed by atoms with Crippen LogP contribution in [0, 0.1) is 3.57 Å². The predicted octanol–water partition coefficient (Wildman–Crippen LogP) is 4.63. The van der Waals surface area contributed by atoms with E-state index >= 15 is 0 Å². The fourth-order valence-electron chi connectivity index (χ4n) is 2.73. The molecule has 7 nitrogen and oxygen atoms in total. The highest BCUT2D eigenvalue weighted by atomic mass is 127. The van der Waals surface area contributed by atoms with Crippen LogP contribution in [0.15, 0.2) is 46.3 Å². The number of carboxylic acids is 1. The number of likely N-dealkylation sites (N-methyl/N-ethyl adjacent to an activating group) is 1. The summed E-state index contributed by atoms with van der Waals surface area (Å²) in [5.74, 6) is 0.0563. The van der Waals surface area contributed by atoms with Gasteiger partial charge >= 0.3 is 5.97 Å². The molecule has 1 heterocycles. The molecule has 0 radical (unpaired) electrons. The summed E-state index contributed by atoms with van der Waals surface area (Å²) in [5, 5.41) is 9.62. The second-order valence-corrected chi connectivity index (χ2v) is 8.36. The molecule has 1 amide bonds. The maximum atomic E-state index is 12.7. The molecule has 0 bridgehead atoms. The number of benzene rings is 2. The Hall–Kier alpha value is -2.53. The number of nitrogens with zero attached hydrogens (tertiary/aromatic N) is 2. The van der Waals surface area contributed by atoms with Gasteiger partial charge in [0.05, 0.1) is 33.4 Å². The Morgan fingerprint density at radius 3 is 2.77 bits per heavy atom. The van der Waals surface area contributed by atoms with Crippen molar-refractivity contribution < 1.29 is 24.2 Å². The summed E-state index contributed by atoms with van der Waals surface area (Å²) in [6.07, 6.45) is 1.78. The van der Waals surface area contributed by atoms with E-state index in [0.717, 1.165) is 9.13 Å². The van der Waals surface area contributed by atoms with Gasteiger partial charge in [-0.25, -0.2) is 9.79 Å². The van der Waals surface area contributed by atoms with Crippen molar-refractivity contribution in [2.75, 3.05) is 20.8 Å². The predicted molar refractivity (Wildman–Crippen MR) is 126 cm³/mol. The molecule has 0 aliphatic carbocycles. The molecule has 0 atom stereocenters. The van der Waals surface area contributed by atoms with Gasteiger partial charge in [-0.1, -0.05) is 6.07 Å². The molecule has 9 heteroatoms. The number of amidine groups is 1. The molecule has 2 aromatic rings. The third kappa shape index (κ3) is 4.78. The van der Waals surface area contributed by atoms with Crippen LogP contribution in [0.5, 0.6) is 11.5 Å². The van der Waals surface area contributed by atoms with E-state index in [1.165, 1.54) is 28.8 Å². The van der Waals surface area contributed by atoms with Gasteiger partial charge in [-0.15, -0.1) is 0 Å². The molecule has 0 spiro atoms. The Morgan fingerprint density at radius 2 is 2.10 bits per heavy atom. The lowest BCUT2D eigenvalue weighted by molar-refractivity contribution is -0.121. The average molecular weight is 538 g/mol. The van der Waals surface area contributed by atoms with Crippen LogP contribution in [0.2, 0.25) is 0 Å². The summed E-state index contributed by atoms with van der Waals surface area (Å²) in [6.45, 7) is 2.43. The van der Waals surface area contributed by atoms with E-state index in [9.17, 15) is 9.59 Å². The smallest absolute Gasteiger partial charge is 0.335 e. The van der Waals surface area contributed by atoms with Crippen LogP contribution in [-0.2, 0) is 4.79 Å². The molecule has 3 rings (SSSR count). The Morgan fingerprint density at radius 1 is 1.33 bits per heavy atom. The summed E-state index contributed by atoms with van der Waals surface area (Å²) >= 11 is 3.40. The number of amides is 1. The lowest BCUT2D eigenvalue weighted by atomic mass is 10.2. The van der Waals surface area contributed by atoms with E-state index < -0.39 is 5.97 Å². The van der Waals surface area contributed by atoms with Crippen molar-refractivity contribution in [3.8, 4) is 11.5 Å². The van der Waals surface area contributed by atoms with Crippen molar-refractivity contribution in [3.63, 3.8) is 0 Å². The summed E-state index contributed by atoms with van der Waals surface area (Å²) < 4.78 is 11.9. The summed E-state index contributed by atoms with van der Waals surface area (Å²) in [6, 6.07) is 10.0. The Balaban J connectivity index is 1.93. The first kappa shape index (κ1) is 22.2. The molecular formula is C21H19IN2O5S. The largest absolute Gasteiger partial charge is 0.493 e. The van der Waals surface area contributed by atoms with Gasteiger partial charge < -0.3 is 14.6 Å². The van der Waals surface area contributed by atoms with E-state index in [1.54, 1.807) is 32.4 Å². The first-order chi connectivity index (χ1) is 14.3. The minimum Gasteiger partial charge on any atom is -0.493 e. The molecule has 1 aliphatic heterocycles. The number of hydrogen-bond acceptors (Lipinski definition) is 6. The van der Waals surface area contributed by atoms with Crippen LogP contribution in [-0.4, -0.2) is 47.8 Å². The third-order valence-electron chi connectivity index (χ3n) is 4.16. The number of rotatable bonds is 6. The number of carboxylic acid groups (broad SMARTS) is 1. The lowest BCUT2D eigenvalue weighted by Crippen LogP contribution is -2.23. The monoisotopic (exact) mass is 538 g/mol. The van der Waals surface area contributed by atoms with E-state index in [1.807, 2.05) is 19.1 Å². The molecular weight excluding hydrogens is 519 g/mol. The minimum absolute atomic E-state index is 0.139. The number of aliphatic imine (C=N–C) groups is 1. The molecule has 0 saturated carbocycles. The minimum atomic E-state index is -1.03. The number of ether oxygens (including phenoxy) is 2. The fraction of sp³-hybridized carbons (Fsp3) is 0.190. The first-order valence-corrected chi connectivity index (χ1v) is 10.8. The zero-order valence-corrected chi connectivity index (χ0v) is 19.5. The lowest BCUT2D eigenvalue weighted by Gasteiger charge is -2.12. The molecule has 30 heavy (non-hydrogen) atoms. The average Bonchev–Trinajstić information content (AvgIpc) is 2.97. The van der Waals surface area contributed by atoms with Crippen molar-refractivity contribution in [3.05, 3.63) is 56.0 Å². The number of carbonyl (C=O) groups excluding carboxylic acids is 1. The van der Waals surface area contributed by atoms with Crippen LogP contribution in [0.1, 0.15) is 22.8 Å². The number of thioether (sulfide) groups is 1. The quantitative estimate of drug-likeness (QED) is 0.427. The van der Waals surface area contributed by atoms with Gasteiger partial charge in [-0.05, 0) is 83.2 Å². The van der Waals surface area contributed by atoms with Crippen molar-refractivity contribution >= 4 is 63.2 Å². The molecule has 0 unspecified atom stereocenters. The standard InChI is InChI=1S/C21H19IN2O5S/c1-4-29-18-15(22)8-12(9-16(18)28-3)10-17-19(25)24(2)21(30-17)23-14-7-5-6-13(11-14)20(26)27/h5-11H,4H2,1-3H3,(H,26,27)/b17-10+,23-21?. The topological polar surface area (TPSA) is 88.4 Å². The van der Waals surface area contributed by atoms with Gasteiger partial charge in [-0.3, -0.25) is 9.69 Å². The van der Waals surface area contributed by atoms with Crippen LogP contribution in [0.25, 0.3) is 6.08 Å². The van der Waals surface area contributed by atoms with Crippen molar-refractivity contribution in [1.29, 1.82) is 0 Å². The van der Waals surface area contributed by atoms with Crippen LogP contribution < -0.4 is 9.47 Å². The Kier molecular flexibility index (Phi) is 7.03. The zero-order valence-electron chi connectivity index (χ0n) is 16.5. The van der Waals surface area contributed by atoms with Gasteiger partial charge in [-0.2, -0.15) is 0 Å². The number of methoxy groups -OCH3 is 1. The van der Waals surface area contributed by atoms with Gasteiger partial charge in [0.2, 0.25) is 0 Å². The van der Waals surface area contributed by atoms with Gasteiger partial charge in [0.25, 0.3) is 5.91 Å². The van der Waals surface area contributed by atoms with E-state index in [4.69, 9.17) is 14.6 Å². The SMILES string of the molecule is CCOc1c(I)cc(/C=C2/SC(=Nc3cccc(C(=O)O)c3)N(C)C2=O)cc1OC. The van der Waals surface area contributed by atoms with Crippen molar-refractivity contribution in [2.24, 2.45) is 4.99 Å². The number of hydrogen-bond donors (Lipinski definition) is 1. The third-order valence-corrected chi connectivity index (χ3v) is 6.02. The normalized spacial score (nSPS) is 16.4. The second-order valence-electron chi connectivity index (χ2n) is 6.19. The van der Waals surface area contributed by atoms with Crippen molar-refractivity contribution in [2.45, 2.75) is 6.92 Å². The maximum Gasteiger partial charge on any atom is 0.335 e. The summed E-state index contributed by atoms with van der Waals surface area (Å²) in [4.78, 5) is 30.3. The first-order valence-electron chi connectivity index (χ1n) is 8.94. The molecule has 0 aromatic heterocycles. The van der Waals surface area contributed by atoms with Gasteiger partial charge in [0.15, 0.2) is 16.7 Å². The molecule has 156 valence electrons. The molecule has 1 aliphatic rings. The molecule has 2 aromatic carbocycles. The highest BCUT2D eigenvalue weighted by Gasteiger charge is 2.30. The van der Waals surface area contributed by atoms with Crippen molar-refractivity contribution in [1.82, 2.24) is 4.90 Å². The van der Waals surface area contributed by atoms with E-state index in [2.05, 4.69) is 27.6 Å². The molecule has 1 fully saturated rings. The molecule has 1 saturated heterocycles. The van der Waals surface area contributed by atoms with Gasteiger partial charge in [0, 0.05) is 7.05 Å². The highest BCUT2D eigenvalue weighted by molar-refractivity contribution is 14.1. The van der Waals surface area contributed by atoms with E-state index in [0.29, 0.717) is 33.9 Å². The second kappa shape index (κ2) is 9.52. The summed E-state index contributed by atoms with van der Waals surface area (Å²) in [7, 11) is 3.21. The van der Waals surface area contributed by atoms with Gasteiger partial charge in [0.1, 0.15) is 0 Å². The number of carbonyl (C=O) groups is 2. The zero-order chi connectivity index (χ0) is 21.8. The highest BCUT2D eigenvalue weighted by Crippen LogP contribution is 2.37. The Bertz CT molecular complexity index is 1070. The fourth-order valence-corrected chi connectivity index (χ4v) is 4.50. The maximum absolute atomic E-state index is 12.7. The number of aromatic carboxylic acids is 1. The summed E-state index contributed by atoms with van der Waals surface area (Å²) in [5.41, 5.74) is 1.41. The van der Waals surface area contributed by atoms with Crippen LogP contribution in [0.3, 0.4) is 0 Å². The Labute approximate surface area is 191 Å². The number of halogens is 1. The van der Waals surface area contributed by atoms with E-state index in [-0.39, 0.29) is 11.5 Å². The van der Waals surface area contributed by atoms with Crippen LogP contribution >= 0.6 is 34.4 Å². The van der Waals surface area contributed by atoms with Crippen LogP contribution in [0.4, 0.5) is 5.69 Å². The molecule has 1 N–H and O–H groups in total.